The minimum absolute atomic E-state index is 0.322. The van der Waals surface area contributed by atoms with E-state index in [1.54, 1.807) is 0 Å². The Labute approximate surface area is 219 Å². The highest BCUT2D eigenvalue weighted by atomic mass is 79.9. The largest absolute Gasteiger partial charge is 0.0731 e. The van der Waals surface area contributed by atoms with Crippen LogP contribution in [0.15, 0.2) is 132 Å². The highest BCUT2D eigenvalue weighted by Gasteiger charge is 2.52. The molecule has 0 radical (unpaired) electrons. The fraction of sp³-hybridized carbons (Fsp3) is 0.0286. The normalized spacial score (nSPS) is 13.9. The average Bonchev–Trinajstić information content (AvgIpc) is 3.41. The molecule has 0 amide bonds. The second-order valence-corrected chi connectivity index (χ2v) is 10.7. The summed E-state index contributed by atoms with van der Waals surface area (Å²) in [6.07, 6.45) is 0. The van der Waals surface area contributed by atoms with Crippen molar-refractivity contribution < 1.29 is 0 Å². The van der Waals surface area contributed by atoms with Crippen molar-refractivity contribution in [3.63, 3.8) is 0 Å². The molecule has 2 aliphatic rings. The minimum Gasteiger partial charge on any atom is -0.0619 e. The maximum atomic E-state index is 3.59. The van der Waals surface area contributed by atoms with Crippen molar-refractivity contribution in [1.82, 2.24) is 0 Å². The van der Waals surface area contributed by atoms with Crippen molar-refractivity contribution >= 4 is 26.7 Å². The second kappa shape index (κ2) is 7.29. The fourth-order valence-corrected chi connectivity index (χ4v) is 7.01. The van der Waals surface area contributed by atoms with E-state index in [0.29, 0.717) is 0 Å². The van der Waals surface area contributed by atoms with Crippen LogP contribution in [-0.4, -0.2) is 0 Å². The van der Waals surface area contributed by atoms with Gasteiger partial charge in [0.15, 0.2) is 0 Å². The highest BCUT2D eigenvalue weighted by molar-refractivity contribution is 9.10. The molecule has 0 atom stereocenters. The van der Waals surface area contributed by atoms with Crippen LogP contribution >= 0.6 is 15.9 Å². The molecule has 6 aromatic carbocycles. The Balaban J connectivity index is 1.55. The summed E-state index contributed by atoms with van der Waals surface area (Å²) in [6, 6.07) is 47.3. The van der Waals surface area contributed by atoms with Gasteiger partial charge >= 0.3 is 0 Å². The molecule has 0 bridgehead atoms. The molecule has 0 aliphatic heterocycles. The van der Waals surface area contributed by atoms with Gasteiger partial charge in [0.1, 0.15) is 0 Å². The lowest BCUT2D eigenvalue weighted by atomic mass is 9.69. The molecule has 36 heavy (non-hydrogen) atoms. The first kappa shape index (κ1) is 20.3. The molecule has 0 fully saturated rings. The van der Waals surface area contributed by atoms with Crippen LogP contribution < -0.4 is 0 Å². The molecule has 168 valence electrons. The van der Waals surface area contributed by atoms with Crippen molar-refractivity contribution in [2.24, 2.45) is 0 Å². The van der Waals surface area contributed by atoms with E-state index in [9.17, 15) is 0 Å². The first-order chi connectivity index (χ1) is 17.8. The first-order valence-corrected chi connectivity index (χ1v) is 13.2. The predicted octanol–water partition coefficient (Wildman–Crippen LogP) is 9.61. The molecular formula is C35H21Br. The minimum atomic E-state index is -0.322. The molecule has 0 heterocycles. The van der Waals surface area contributed by atoms with Gasteiger partial charge in [0.2, 0.25) is 0 Å². The molecule has 6 aromatic rings. The van der Waals surface area contributed by atoms with Crippen LogP contribution in [0.2, 0.25) is 0 Å². The summed E-state index contributed by atoms with van der Waals surface area (Å²) in [5.74, 6) is 0. The summed E-state index contributed by atoms with van der Waals surface area (Å²) in [7, 11) is 0. The van der Waals surface area contributed by atoms with Gasteiger partial charge in [0, 0.05) is 4.47 Å². The molecule has 0 saturated carbocycles. The molecule has 0 saturated heterocycles. The molecular weight excluding hydrogens is 500 g/mol. The van der Waals surface area contributed by atoms with Gasteiger partial charge in [-0.05, 0) is 84.6 Å². The van der Waals surface area contributed by atoms with E-state index in [-0.39, 0.29) is 5.41 Å². The Morgan fingerprint density at radius 3 is 1.56 bits per heavy atom. The SMILES string of the molecule is Brc1ccc(-c2ccc3ccc4c(c3c2)C2(c3ccccc3-c3ccccc32)c2ccccc2-4)cc1. The van der Waals surface area contributed by atoms with Crippen molar-refractivity contribution in [2.75, 3.05) is 0 Å². The van der Waals surface area contributed by atoms with Crippen LogP contribution in [0.5, 0.6) is 0 Å². The average molecular weight is 521 g/mol. The zero-order valence-electron chi connectivity index (χ0n) is 19.5. The van der Waals surface area contributed by atoms with Gasteiger partial charge in [0.05, 0.1) is 5.41 Å². The standard InChI is InChI=1S/C35H21Br/c36-25-18-15-22(16-19-25)24-14-13-23-17-20-29-28-9-3-6-12-33(28)35(34(29)30(23)21-24)31-10-4-1-7-26(31)27-8-2-5-11-32(27)35/h1-21H. The van der Waals surface area contributed by atoms with Crippen molar-refractivity contribution in [3.05, 3.63) is 154 Å². The number of hydrogen-bond donors (Lipinski definition) is 0. The van der Waals surface area contributed by atoms with Gasteiger partial charge in [-0.2, -0.15) is 0 Å². The summed E-state index contributed by atoms with van der Waals surface area (Å²) in [5.41, 5.74) is 13.1. The Hall–Kier alpha value is -3.94. The van der Waals surface area contributed by atoms with Crippen LogP contribution in [0.25, 0.3) is 44.2 Å². The maximum Gasteiger partial charge on any atom is 0.0731 e. The third-order valence-electron chi connectivity index (χ3n) is 8.15. The number of benzene rings is 6. The van der Waals surface area contributed by atoms with Gasteiger partial charge in [-0.25, -0.2) is 0 Å². The van der Waals surface area contributed by atoms with Crippen molar-refractivity contribution in [2.45, 2.75) is 5.41 Å². The van der Waals surface area contributed by atoms with E-state index in [1.807, 2.05) is 0 Å². The second-order valence-electron chi connectivity index (χ2n) is 9.82. The van der Waals surface area contributed by atoms with Gasteiger partial charge in [0.25, 0.3) is 0 Å². The molecule has 8 rings (SSSR count). The Bertz CT molecular complexity index is 1780. The first-order valence-electron chi connectivity index (χ1n) is 12.4. The number of rotatable bonds is 1. The zero-order chi connectivity index (χ0) is 23.9. The summed E-state index contributed by atoms with van der Waals surface area (Å²) in [5, 5.41) is 2.61. The molecule has 1 spiro atoms. The molecule has 2 aliphatic carbocycles. The lowest BCUT2D eigenvalue weighted by molar-refractivity contribution is 0.801. The maximum absolute atomic E-state index is 3.59. The highest BCUT2D eigenvalue weighted by Crippen LogP contribution is 2.64. The van der Waals surface area contributed by atoms with Crippen molar-refractivity contribution in [3.8, 4) is 33.4 Å². The lowest BCUT2D eigenvalue weighted by Crippen LogP contribution is -2.26. The lowest BCUT2D eigenvalue weighted by Gasteiger charge is -2.31. The van der Waals surface area contributed by atoms with E-state index in [1.165, 1.54) is 66.4 Å². The Morgan fingerprint density at radius 2 is 0.944 bits per heavy atom. The van der Waals surface area contributed by atoms with E-state index >= 15 is 0 Å². The third-order valence-corrected chi connectivity index (χ3v) is 8.68. The molecule has 0 N–H and O–H groups in total. The molecule has 0 aromatic heterocycles. The van der Waals surface area contributed by atoms with Crippen LogP contribution in [-0.2, 0) is 5.41 Å². The topological polar surface area (TPSA) is 0 Å². The van der Waals surface area contributed by atoms with Gasteiger partial charge in [-0.15, -0.1) is 0 Å². The smallest absolute Gasteiger partial charge is 0.0619 e. The van der Waals surface area contributed by atoms with Gasteiger partial charge in [-0.3, -0.25) is 0 Å². The molecule has 1 heteroatoms. The predicted molar refractivity (Wildman–Crippen MR) is 153 cm³/mol. The van der Waals surface area contributed by atoms with Crippen LogP contribution in [0.4, 0.5) is 0 Å². The van der Waals surface area contributed by atoms with E-state index < -0.39 is 0 Å². The summed E-state index contributed by atoms with van der Waals surface area (Å²) < 4.78 is 1.10. The quantitative estimate of drug-likeness (QED) is 0.202. The van der Waals surface area contributed by atoms with Crippen LogP contribution in [0.3, 0.4) is 0 Å². The Kier molecular flexibility index (Phi) is 4.10. The molecule has 0 nitrogen and oxygen atoms in total. The van der Waals surface area contributed by atoms with E-state index in [2.05, 4.69) is 143 Å². The zero-order valence-corrected chi connectivity index (χ0v) is 21.1. The van der Waals surface area contributed by atoms with Crippen LogP contribution in [0, 0.1) is 0 Å². The van der Waals surface area contributed by atoms with Crippen LogP contribution in [0.1, 0.15) is 22.3 Å². The number of fused-ring (bicyclic) bond motifs is 12. The fourth-order valence-electron chi connectivity index (χ4n) is 6.74. The molecule has 0 unspecified atom stereocenters. The van der Waals surface area contributed by atoms with Gasteiger partial charge < -0.3 is 0 Å². The number of halogens is 1. The number of hydrogen-bond acceptors (Lipinski definition) is 0. The summed E-state index contributed by atoms with van der Waals surface area (Å²) >= 11 is 3.59. The van der Waals surface area contributed by atoms with E-state index in [0.717, 1.165) is 4.47 Å². The third kappa shape index (κ3) is 2.49. The van der Waals surface area contributed by atoms with Gasteiger partial charge in [-0.1, -0.05) is 125 Å². The Morgan fingerprint density at radius 1 is 0.444 bits per heavy atom. The summed E-state index contributed by atoms with van der Waals surface area (Å²) in [6.45, 7) is 0. The summed E-state index contributed by atoms with van der Waals surface area (Å²) in [4.78, 5) is 0. The van der Waals surface area contributed by atoms with E-state index in [4.69, 9.17) is 0 Å². The van der Waals surface area contributed by atoms with Crippen molar-refractivity contribution in [1.29, 1.82) is 0 Å². The monoisotopic (exact) mass is 520 g/mol.